The highest BCUT2D eigenvalue weighted by Gasteiger charge is 2.15. The summed E-state index contributed by atoms with van der Waals surface area (Å²) in [6.45, 7) is 8.42. The second-order valence-corrected chi connectivity index (χ2v) is 6.11. The van der Waals surface area contributed by atoms with Crippen molar-refractivity contribution in [3.05, 3.63) is 17.5 Å². The van der Waals surface area contributed by atoms with Crippen molar-refractivity contribution in [2.75, 3.05) is 13.2 Å². The van der Waals surface area contributed by atoms with E-state index in [0.29, 0.717) is 25.2 Å². The van der Waals surface area contributed by atoms with E-state index in [9.17, 15) is 14.4 Å². The highest BCUT2D eigenvalue weighted by atomic mass is 16.5. The molecule has 0 aliphatic rings. The van der Waals surface area contributed by atoms with E-state index in [2.05, 4.69) is 16.8 Å². The van der Waals surface area contributed by atoms with Gasteiger partial charge in [-0.05, 0) is 33.1 Å². The molecule has 0 bridgehead atoms. The third kappa shape index (κ3) is 11.2. The van der Waals surface area contributed by atoms with Gasteiger partial charge in [0.2, 0.25) is 0 Å². The van der Waals surface area contributed by atoms with Gasteiger partial charge < -0.3 is 9.47 Å². The minimum Gasteiger partial charge on any atom is -0.466 e. The van der Waals surface area contributed by atoms with E-state index in [1.54, 1.807) is 24.7 Å². The smallest absolute Gasteiger partial charge is 0.341 e. The van der Waals surface area contributed by atoms with Crippen molar-refractivity contribution in [1.29, 1.82) is 0 Å². The molecule has 7 nitrogen and oxygen atoms in total. The average Bonchev–Trinajstić information content (AvgIpc) is 3.00. The van der Waals surface area contributed by atoms with Crippen LogP contribution in [0.15, 0.2) is 6.20 Å². The Morgan fingerprint density at radius 3 is 2.19 bits per heavy atom. The fraction of sp³-hybridized carbons (Fsp3) is 0.700. The van der Waals surface area contributed by atoms with Gasteiger partial charge in [0, 0.05) is 19.7 Å². The molecule has 27 heavy (non-hydrogen) atoms. The summed E-state index contributed by atoms with van der Waals surface area (Å²) in [6.07, 6.45) is 6.98. The fourth-order valence-electron chi connectivity index (χ4n) is 2.28. The molecule has 0 spiro atoms. The highest BCUT2D eigenvalue weighted by molar-refractivity contribution is 5.95. The van der Waals surface area contributed by atoms with E-state index in [0.717, 1.165) is 37.8 Å². The third-order valence-electron chi connectivity index (χ3n) is 3.62. The average molecular weight is 383 g/mol. The molecule has 0 aromatic carbocycles. The van der Waals surface area contributed by atoms with Gasteiger partial charge in [-0.15, -0.1) is 0 Å². The molecular weight excluding hydrogens is 348 g/mol. The van der Waals surface area contributed by atoms with Crippen LogP contribution in [0.2, 0.25) is 0 Å². The first-order chi connectivity index (χ1) is 12.9. The standard InChI is InChI=1S/C11H18N2O2.C9H16O3/c1-4-6-7-10-9(8-13(3)12-10)11(14)15-5-2;1-3-5-6-8(10)7-9(11)12-4-2/h8H,4-7H2,1-3H3;3-7H2,1-2H3. The lowest BCUT2D eigenvalue weighted by Crippen LogP contribution is -2.10. The van der Waals surface area contributed by atoms with Gasteiger partial charge in [0.15, 0.2) is 0 Å². The lowest BCUT2D eigenvalue weighted by molar-refractivity contribution is -0.145. The Morgan fingerprint density at radius 2 is 1.63 bits per heavy atom. The molecule has 1 aromatic rings. The molecule has 0 saturated carbocycles. The number of ketones is 1. The maximum Gasteiger partial charge on any atom is 0.341 e. The van der Waals surface area contributed by atoms with Crippen molar-refractivity contribution in [2.24, 2.45) is 7.05 Å². The van der Waals surface area contributed by atoms with Crippen molar-refractivity contribution < 1.29 is 23.9 Å². The van der Waals surface area contributed by atoms with Crippen LogP contribution in [0.3, 0.4) is 0 Å². The molecule has 0 aliphatic heterocycles. The van der Waals surface area contributed by atoms with Crippen molar-refractivity contribution in [2.45, 2.75) is 72.6 Å². The van der Waals surface area contributed by atoms with Crippen LogP contribution < -0.4 is 0 Å². The van der Waals surface area contributed by atoms with Crippen LogP contribution in [0.5, 0.6) is 0 Å². The van der Waals surface area contributed by atoms with Gasteiger partial charge in [0.1, 0.15) is 17.8 Å². The molecule has 0 saturated heterocycles. The van der Waals surface area contributed by atoms with Crippen molar-refractivity contribution in [3.63, 3.8) is 0 Å². The van der Waals surface area contributed by atoms with Gasteiger partial charge in [-0.25, -0.2) is 4.79 Å². The number of aryl methyl sites for hydroxylation is 2. The molecule has 154 valence electrons. The molecule has 7 heteroatoms. The second-order valence-electron chi connectivity index (χ2n) is 6.11. The molecule has 0 aliphatic carbocycles. The molecule has 0 fully saturated rings. The maximum absolute atomic E-state index is 11.6. The summed E-state index contributed by atoms with van der Waals surface area (Å²) in [7, 11) is 1.82. The number of Topliss-reactive ketones (excluding diaryl/α,β-unsaturated/α-hetero) is 1. The Bertz CT molecular complexity index is 581. The topological polar surface area (TPSA) is 87.5 Å². The van der Waals surface area contributed by atoms with Crippen LogP contribution in [-0.2, 0) is 32.5 Å². The minimum atomic E-state index is -0.404. The Labute approximate surface area is 162 Å². The molecule has 0 atom stereocenters. The molecule has 0 unspecified atom stereocenters. The summed E-state index contributed by atoms with van der Waals surface area (Å²) in [5.41, 5.74) is 1.45. The van der Waals surface area contributed by atoms with Crippen LogP contribution in [0.25, 0.3) is 0 Å². The SMILES string of the molecule is CCCCC(=O)CC(=O)OCC.CCCCc1nn(C)cc1C(=O)OCC. The fourth-order valence-corrected chi connectivity index (χ4v) is 2.28. The number of carbonyl (C=O) groups excluding carboxylic acids is 3. The summed E-state index contributed by atoms with van der Waals surface area (Å²) in [4.78, 5) is 33.3. The first kappa shape index (κ1) is 24.8. The lowest BCUT2D eigenvalue weighted by Gasteiger charge is -2.01. The number of hydrogen-bond donors (Lipinski definition) is 0. The zero-order valence-electron chi connectivity index (χ0n) is 17.4. The van der Waals surface area contributed by atoms with Gasteiger partial charge in [-0.2, -0.15) is 5.10 Å². The van der Waals surface area contributed by atoms with E-state index in [1.165, 1.54) is 0 Å². The Morgan fingerprint density at radius 1 is 1.00 bits per heavy atom. The predicted octanol–water partition coefficient (Wildman–Crippen LogP) is 3.64. The van der Waals surface area contributed by atoms with Gasteiger partial charge in [0.05, 0.1) is 18.9 Å². The minimum absolute atomic E-state index is 0.0182. The highest BCUT2D eigenvalue weighted by Crippen LogP contribution is 2.11. The Kier molecular flexibility index (Phi) is 13.7. The number of nitrogens with zero attached hydrogens (tertiary/aromatic N) is 2. The van der Waals surface area contributed by atoms with Crippen LogP contribution in [-0.4, -0.2) is 40.7 Å². The molecule has 1 heterocycles. The molecular formula is C20H34N2O5. The Hall–Kier alpha value is -2.18. The normalized spacial score (nSPS) is 9.96. The molecule has 0 amide bonds. The van der Waals surface area contributed by atoms with Crippen LogP contribution >= 0.6 is 0 Å². The summed E-state index contributed by atoms with van der Waals surface area (Å²) >= 11 is 0. The number of esters is 2. The van der Waals surface area contributed by atoms with E-state index >= 15 is 0 Å². The largest absolute Gasteiger partial charge is 0.466 e. The number of unbranched alkanes of at least 4 members (excludes halogenated alkanes) is 2. The van der Waals surface area contributed by atoms with Gasteiger partial charge in [-0.3, -0.25) is 14.3 Å². The lowest BCUT2D eigenvalue weighted by atomic mass is 10.1. The van der Waals surface area contributed by atoms with E-state index in [4.69, 9.17) is 4.74 Å². The summed E-state index contributed by atoms with van der Waals surface area (Å²) in [5.74, 6) is -0.689. The van der Waals surface area contributed by atoms with Crippen LogP contribution in [0, 0.1) is 0 Å². The van der Waals surface area contributed by atoms with Gasteiger partial charge >= 0.3 is 11.9 Å². The van der Waals surface area contributed by atoms with Crippen LogP contribution in [0.1, 0.15) is 82.3 Å². The van der Waals surface area contributed by atoms with Crippen molar-refractivity contribution in [1.82, 2.24) is 9.78 Å². The third-order valence-corrected chi connectivity index (χ3v) is 3.62. The summed E-state index contributed by atoms with van der Waals surface area (Å²) in [6, 6.07) is 0. The first-order valence-corrected chi connectivity index (χ1v) is 9.76. The van der Waals surface area contributed by atoms with Crippen molar-refractivity contribution in [3.8, 4) is 0 Å². The monoisotopic (exact) mass is 382 g/mol. The second kappa shape index (κ2) is 14.9. The van der Waals surface area contributed by atoms with Crippen LogP contribution in [0.4, 0.5) is 0 Å². The summed E-state index contributed by atoms with van der Waals surface area (Å²) in [5, 5.41) is 4.27. The molecule has 1 rings (SSSR count). The number of carbonyl (C=O) groups is 3. The zero-order chi connectivity index (χ0) is 20.7. The number of rotatable bonds is 11. The molecule has 0 radical (unpaired) electrons. The number of ether oxygens (including phenoxy) is 2. The van der Waals surface area contributed by atoms with E-state index in [1.807, 2.05) is 14.0 Å². The van der Waals surface area contributed by atoms with Crippen molar-refractivity contribution >= 4 is 17.7 Å². The number of hydrogen-bond acceptors (Lipinski definition) is 6. The number of aromatic nitrogens is 2. The quantitative estimate of drug-likeness (QED) is 0.429. The zero-order valence-corrected chi connectivity index (χ0v) is 17.4. The molecule has 0 N–H and O–H groups in total. The van der Waals surface area contributed by atoms with Gasteiger partial charge in [0.25, 0.3) is 0 Å². The van der Waals surface area contributed by atoms with Gasteiger partial charge in [-0.1, -0.05) is 26.7 Å². The molecule has 1 aromatic heterocycles. The summed E-state index contributed by atoms with van der Waals surface area (Å²) < 4.78 is 11.3. The maximum atomic E-state index is 11.6. The Balaban J connectivity index is 0.000000516. The first-order valence-electron chi connectivity index (χ1n) is 9.76. The predicted molar refractivity (Wildman–Crippen MR) is 104 cm³/mol. The van der Waals surface area contributed by atoms with E-state index < -0.39 is 5.97 Å². The van der Waals surface area contributed by atoms with E-state index in [-0.39, 0.29) is 18.2 Å².